The predicted molar refractivity (Wildman–Crippen MR) is 84.8 cm³/mol. The van der Waals surface area contributed by atoms with Crippen molar-refractivity contribution in [2.24, 2.45) is 17.8 Å². The van der Waals surface area contributed by atoms with E-state index < -0.39 is 11.6 Å². The van der Waals surface area contributed by atoms with Crippen LogP contribution in [-0.2, 0) is 19.1 Å². The van der Waals surface area contributed by atoms with Crippen molar-refractivity contribution in [3.63, 3.8) is 0 Å². The first-order valence-electron chi connectivity index (χ1n) is 8.02. The second kappa shape index (κ2) is 8.58. The SMILES string of the molecule is C#CC1(OC(C)=O)CC(C)CC(CC#N)C1CCCOC(C)=O. The predicted octanol–water partition coefficient (Wildman–Crippen LogP) is 2.84. The minimum atomic E-state index is -0.971. The van der Waals surface area contributed by atoms with Crippen molar-refractivity contribution in [3.05, 3.63) is 0 Å². The molecule has 5 nitrogen and oxygen atoms in total. The van der Waals surface area contributed by atoms with Crippen molar-refractivity contribution in [1.29, 1.82) is 5.26 Å². The van der Waals surface area contributed by atoms with Crippen LogP contribution in [0.5, 0.6) is 0 Å². The van der Waals surface area contributed by atoms with Crippen LogP contribution in [0.25, 0.3) is 0 Å². The molecule has 0 spiro atoms. The van der Waals surface area contributed by atoms with Crippen molar-refractivity contribution in [3.8, 4) is 18.4 Å². The minimum absolute atomic E-state index is 0.0801. The topological polar surface area (TPSA) is 76.4 Å². The van der Waals surface area contributed by atoms with Gasteiger partial charge in [0.1, 0.15) is 0 Å². The van der Waals surface area contributed by atoms with E-state index in [1.54, 1.807) is 0 Å². The number of esters is 2. The first kappa shape index (κ1) is 19.0. The number of hydrogen-bond donors (Lipinski definition) is 0. The molecule has 0 radical (unpaired) electrons. The molecule has 0 heterocycles. The molecule has 4 unspecified atom stereocenters. The smallest absolute Gasteiger partial charge is 0.304 e. The molecule has 0 saturated heterocycles. The molecule has 0 bridgehead atoms. The minimum Gasteiger partial charge on any atom is -0.466 e. The highest BCUT2D eigenvalue weighted by Gasteiger charge is 2.48. The Hall–Kier alpha value is -2.01. The third-order valence-corrected chi connectivity index (χ3v) is 4.41. The van der Waals surface area contributed by atoms with E-state index in [-0.39, 0.29) is 23.7 Å². The monoisotopic (exact) mass is 319 g/mol. The highest BCUT2D eigenvalue weighted by atomic mass is 16.6. The fourth-order valence-corrected chi connectivity index (χ4v) is 3.71. The van der Waals surface area contributed by atoms with Gasteiger partial charge in [0.25, 0.3) is 0 Å². The van der Waals surface area contributed by atoms with Gasteiger partial charge in [-0.15, -0.1) is 6.42 Å². The van der Waals surface area contributed by atoms with E-state index in [4.69, 9.17) is 21.2 Å². The van der Waals surface area contributed by atoms with Gasteiger partial charge in [-0.3, -0.25) is 9.59 Å². The molecular weight excluding hydrogens is 294 g/mol. The van der Waals surface area contributed by atoms with Gasteiger partial charge in [-0.25, -0.2) is 0 Å². The second-order valence-corrected chi connectivity index (χ2v) is 6.38. The standard InChI is InChI=1S/C18H25NO4/c1-5-18(23-15(4)21)12-13(2)11-16(8-9-19)17(18)7-6-10-22-14(3)20/h1,13,16-17H,6-8,10-12H2,2-4H3. The molecule has 0 amide bonds. The van der Waals surface area contributed by atoms with Crippen LogP contribution in [-0.4, -0.2) is 24.1 Å². The average molecular weight is 319 g/mol. The normalized spacial score (nSPS) is 29.9. The summed E-state index contributed by atoms with van der Waals surface area (Å²) < 4.78 is 10.5. The quantitative estimate of drug-likeness (QED) is 0.427. The van der Waals surface area contributed by atoms with Gasteiger partial charge >= 0.3 is 11.9 Å². The molecule has 1 saturated carbocycles. The van der Waals surface area contributed by atoms with E-state index in [1.807, 2.05) is 0 Å². The van der Waals surface area contributed by atoms with Crippen molar-refractivity contribution in [2.45, 2.75) is 58.5 Å². The van der Waals surface area contributed by atoms with Crippen LogP contribution in [0.15, 0.2) is 0 Å². The van der Waals surface area contributed by atoms with Crippen LogP contribution in [0.1, 0.15) is 52.9 Å². The van der Waals surface area contributed by atoms with Gasteiger partial charge in [-0.05, 0) is 31.1 Å². The number of nitriles is 1. The molecule has 0 aromatic heterocycles. The third kappa shape index (κ3) is 5.28. The van der Waals surface area contributed by atoms with Gasteiger partial charge in [-0.1, -0.05) is 12.8 Å². The number of carbonyl (C=O) groups is 2. The van der Waals surface area contributed by atoms with E-state index in [1.165, 1.54) is 13.8 Å². The first-order valence-corrected chi connectivity index (χ1v) is 8.02. The summed E-state index contributed by atoms with van der Waals surface area (Å²) in [7, 11) is 0. The molecule has 1 fully saturated rings. The summed E-state index contributed by atoms with van der Waals surface area (Å²) in [6.45, 7) is 5.09. The maximum absolute atomic E-state index is 11.6. The van der Waals surface area contributed by atoms with Gasteiger partial charge in [0.2, 0.25) is 0 Å². The fraction of sp³-hybridized carbons (Fsp3) is 0.722. The summed E-state index contributed by atoms with van der Waals surface area (Å²) in [5.74, 6) is 2.25. The largest absolute Gasteiger partial charge is 0.466 e. The zero-order valence-electron chi connectivity index (χ0n) is 14.1. The molecule has 1 aliphatic rings. The van der Waals surface area contributed by atoms with Crippen molar-refractivity contribution >= 4 is 11.9 Å². The van der Waals surface area contributed by atoms with Gasteiger partial charge in [-0.2, -0.15) is 5.26 Å². The zero-order chi connectivity index (χ0) is 17.5. The van der Waals surface area contributed by atoms with Crippen molar-refractivity contribution in [1.82, 2.24) is 0 Å². The molecule has 0 aromatic carbocycles. The van der Waals surface area contributed by atoms with Crippen LogP contribution in [0.4, 0.5) is 0 Å². The maximum atomic E-state index is 11.6. The van der Waals surface area contributed by atoms with Gasteiger partial charge in [0.05, 0.1) is 12.7 Å². The Morgan fingerprint density at radius 3 is 2.57 bits per heavy atom. The molecular formula is C18H25NO4. The number of terminal acetylenes is 1. The third-order valence-electron chi connectivity index (χ3n) is 4.41. The van der Waals surface area contributed by atoms with Crippen LogP contribution in [0.2, 0.25) is 0 Å². The lowest BCUT2D eigenvalue weighted by molar-refractivity contribution is -0.164. The number of carbonyl (C=O) groups excluding carboxylic acids is 2. The average Bonchev–Trinajstić information content (AvgIpc) is 2.44. The van der Waals surface area contributed by atoms with E-state index >= 15 is 0 Å². The van der Waals surface area contributed by atoms with Gasteiger partial charge in [0, 0.05) is 32.6 Å². The molecule has 23 heavy (non-hydrogen) atoms. The van der Waals surface area contributed by atoms with Crippen molar-refractivity contribution in [2.75, 3.05) is 6.61 Å². The molecule has 0 N–H and O–H groups in total. The van der Waals surface area contributed by atoms with E-state index in [0.29, 0.717) is 32.3 Å². The number of nitrogens with zero attached hydrogens (tertiary/aromatic N) is 1. The molecule has 0 aliphatic heterocycles. The highest BCUT2D eigenvalue weighted by molar-refractivity contribution is 5.67. The summed E-state index contributed by atoms with van der Waals surface area (Å²) in [5.41, 5.74) is -0.971. The van der Waals surface area contributed by atoms with Crippen LogP contribution >= 0.6 is 0 Å². The lowest BCUT2D eigenvalue weighted by Gasteiger charge is -2.46. The van der Waals surface area contributed by atoms with Gasteiger partial charge in [0.15, 0.2) is 5.60 Å². The van der Waals surface area contributed by atoms with E-state index in [9.17, 15) is 9.59 Å². The highest BCUT2D eigenvalue weighted by Crippen LogP contribution is 2.46. The maximum Gasteiger partial charge on any atom is 0.304 e. The summed E-state index contributed by atoms with van der Waals surface area (Å²) >= 11 is 0. The Kier molecular flexibility index (Phi) is 7.10. The van der Waals surface area contributed by atoms with Crippen LogP contribution < -0.4 is 0 Å². The lowest BCUT2D eigenvalue weighted by atomic mass is 9.63. The molecule has 1 aliphatic carbocycles. The number of rotatable bonds is 6. The van der Waals surface area contributed by atoms with E-state index in [2.05, 4.69) is 18.9 Å². The molecule has 4 atom stereocenters. The summed E-state index contributed by atoms with van der Waals surface area (Å²) in [4.78, 5) is 22.4. The van der Waals surface area contributed by atoms with E-state index in [0.717, 1.165) is 6.42 Å². The summed E-state index contributed by atoms with van der Waals surface area (Å²) in [5, 5.41) is 9.11. The Bertz CT molecular complexity index is 516. The van der Waals surface area contributed by atoms with Crippen LogP contribution in [0, 0.1) is 41.4 Å². The Morgan fingerprint density at radius 1 is 1.35 bits per heavy atom. The van der Waals surface area contributed by atoms with Crippen LogP contribution in [0.3, 0.4) is 0 Å². The van der Waals surface area contributed by atoms with Gasteiger partial charge < -0.3 is 9.47 Å². The molecule has 0 aromatic rings. The summed E-state index contributed by atoms with van der Waals surface area (Å²) in [6.07, 6.45) is 8.91. The first-order chi connectivity index (χ1) is 10.8. The number of ether oxygens (including phenoxy) is 2. The lowest BCUT2D eigenvalue weighted by Crippen LogP contribution is -2.49. The molecule has 5 heteroatoms. The molecule has 1 rings (SSSR count). The van der Waals surface area contributed by atoms with Crippen molar-refractivity contribution < 1.29 is 19.1 Å². The fourth-order valence-electron chi connectivity index (χ4n) is 3.71. The molecule has 126 valence electrons. The summed E-state index contributed by atoms with van der Waals surface area (Å²) in [6, 6.07) is 2.22. The zero-order valence-corrected chi connectivity index (χ0v) is 14.1. The number of hydrogen-bond acceptors (Lipinski definition) is 5. The Labute approximate surface area is 138 Å². The Morgan fingerprint density at radius 2 is 2.04 bits per heavy atom. The Balaban J connectivity index is 2.95. The second-order valence-electron chi connectivity index (χ2n) is 6.38.